The molecular formula is C22H20Cl3NO. The molecule has 0 aliphatic rings. The molecule has 0 saturated carbocycles. The smallest absolute Gasteiger partial charge is 0.124 e. The van der Waals surface area contributed by atoms with Gasteiger partial charge in [-0.25, -0.2) is 0 Å². The Bertz CT molecular complexity index is 899. The molecule has 3 rings (SSSR count). The predicted molar refractivity (Wildman–Crippen MR) is 114 cm³/mol. The lowest BCUT2D eigenvalue weighted by Crippen LogP contribution is -2.18. The molecule has 3 aromatic rings. The summed E-state index contributed by atoms with van der Waals surface area (Å²) in [5.74, 6) is 0.776. The van der Waals surface area contributed by atoms with Crippen LogP contribution in [0.3, 0.4) is 0 Å². The number of halogens is 3. The van der Waals surface area contributed by atoms with Crippen molar-refractivity contribution in [2.24, 2.45) is 0 Å². The first-order chi connectivity index (χ1) is 13.0. The summed E-state index contributed by atoms with van der Waals surface area (Å²) in [4.78, 5) is 0. The quantitative estimate of drug-likeness (QED) is 0.441. The number of hydrogen-bond donors (Lipinski definition) is 1. The van der Waals surface area contributed by atoms with Gasteiger partial charge in [-0.2, -0.15) is 0 Å². The molecule has 27 heavy (non-hydrogen) atoms. The lowest BCUT2D eigenvalue weighted by Gasteiger charge is -2.17. The van der Waals surface area contributed by atoms with Gasteiger partial charge in [0.15, 0.2) is 0 Å². The van der Waals surface area contributed by atoms with Gasteiger partial charge in [0, 0.05) is 38.8 Å². The van der Waals surface area contributed by atoms with Crippen molar-refractivity contribution in [2.75, 3.05) is 0 Å². The molecule has 0 spiro atoms. The summed E-state index contributed by atoms with van der Waals surface area (Å²) in [5.41, 5.74) is 3.11. The third-order valence-electron chi connectivity index (χ3n) is 4.32. The fraction of sp³-hybridized carbons (Fsp3) is 0.182. The summed E-state index contributed by atoms with van der Waals surface area (Å²) >= 11 is 18.4. The molecule has 0 saturated heterocycles. The van der Waals surface area contributed by atoms with Crippen LogP contribution in [-0.4, -0.2) is 0 Å². The van der Waals surface area contributed by atoms with Crippen LogP contribution in [0.2, 0.25) is 15.1 Å². The van der Waals surface area contributed by atoms with Gasteiger partial charge in [0.2, 0.25) is 0 Å². The Morgan fingerprint density at radius 3 is 2.30 bits per heavy atom. The van der Waals surface area contributed by atoms with E-state index in [4.69, 9.17) is 39.5 Å². The summed E-state index contributed by atoms with van der Waals surface area (Å²) in [7, 11) is 0. The van der Waals surface area contributed by atoms with Crippen molar-refractivity contribution in [1.29, 1.82) is 0 Å². The second kappa shape index (κ2) is 9.48. The summed E-state index contributed by atoms with van der Waals surface area (Å²) < 4.78 is 6.01. The highest BCUT2D eigenvalue weighted by Crippen LogP contribution is 2.27. The number of hydrogen-bond acceptors (Lipinski definition) is 2. The average Bonchev–Trinajstić information content (AvgIpc) is 2.67. The molecule has 2 nitrogen and oxygen atoms in total. The molecular weight excluding hydrogens is 401 g/mol. The van der Waals surface area contributed by atoms with E-state index in [1.54, 1.807) is 12.1 Å². The maximum absolute atomic E-state index is 6.23. The predicted octanol–water partition coefficient (Wildman–Crippen LogP) is 7.08. The third kappa shape index (κ3) is 5.63. The van der Waals surface area contributed by atoms with E-state index in [9.17, 15) is 0 Å². The second-order valence-corrected chi connectivity index (χ2v) is 7.57. The highest BCUT2D eigenvalue weighted by atomic mass is 35.5. The zero-order valence-corrected chi connectivity index (χ0v) is 17.2. The number of ether oxygens (including phenoxy) is 1. The molecule has 140 valence electrons. The minimum atomic E-state index is 0.212. The molecule has 0 aliphatic carbocycles. The van der Waals surface area contributed by atoms with Crippen LogP contribution < -0.4 is 10.1 Å². The van der Waals surface area contributed by atoms with Crippen molar-refractivity contribution in [1.82, 2.24) is 5.32 Å². The first-order valence-electron chi connectivity index (χ1n) is 8.66. The number of rotatable bonds is 7. The Labute approximate surface area is 175 Å². The van der Waals surface area contributed by atoms with Crippen molar-refractivity contribution in [3.05, 3.63) is 98.5 Å². The van der Waals surface area contributed by atoms with Gasteiger partial charge in [-0.1, -0.05) is 71.2 Å². The zero-order chi connectivity index (χ0) is 19.2. The van der Waals surface area contributed by atoms with Crippen molar-refractivity contribution >= 4 is 34.8 Å². The van der Waals surface area contributed by atoms with E-state index in [1.807, 2.05) is 42.5 Å². The Hall–Kier alpha value is -1.71. The first-order valence-corrected chi connectivity index (χ1v) is 9.80. The van der Waals surface area contributed by atoms with Crippen molar-refractivity contribution in [3.63, 3.8) is 0 Å². The van der Waals surface area contributed by atoms with Gasteiger partial charge in [-0.05, 0) is 42.8 Å². The van der Waals surface area contributed by atoms with E-state index in [-0.39, 0.29) is 6.04 Å². The minimum Gasteiger partial charge on any atom is -0.489 e. The van der Waals surface area contributed by atoms with Gasteiger partial charge < -0.3 is 10.1 Å². The molecule has 0 amide bonds. The standard InChI is InChI=1S/C22H20Cl3NO/c1-15(16-5-3-2-4-6-16)26-13-18-11-19(23)9-10-22(18)27-14-17-7-8-20(24)12-21(17)25/h2-12,15,26H,13-14H2,1H3/t15-/m1/s1. The Kier molecular flexibility index (Phi) is 7.03. The fourth-order valence-corrected chi connectivity index (χ4v) is 3.40. The molecule has 0 unspecified atom stereocenters. The highest BCUT2D eigenvalue weighted by molar-refractivity contribution is 6.35. The molecule has 0 fully saturated rings. The number of nitrogens with one attached hydrogen (secondary N) is 1. The van der Waals surface area contributed by atoms with Gasteiger partial charge in [0.05, 0.1) is 0 Å². The van der Waals surface area contributed by atoms with Crippen LogP contribution in [0.15, 0.2) is 66.7 Å². The molecule has 0 radical (unpaired) electrons. The van der Waals surface area contributed by atoms with Crippen LogP contribution in [0.25, 0.3) is 0 Å². The topological polar surface area (TPSA) is 21.3 Å². The van der Waals surface area contributed by atoms with Crippen molar-refractivity contribution in [3.8, 4) is 5.75 Å². The van der Waals surface area contributed by atoms with Gasteiger partial charge in [0.1, 0.15) is 12.4 Å². The lowest BCUT2D eigenvalue weighted by molar-refractivity contribution is 0.302. The van der Waals surface area contributed by atoms with E-state index in [0.29, 0.717) is 28.2 Å². The van der Waals surface area contributed by atoms with E-state index in [2.05, 4.69) is 24.4 Å². The van der Waals surface area contributed by atoms with Crippen molar-refractivity contribution in [2.45, 2.75) is 26.1 Å². The maximum Gasteiger partial charge on any atom is 0.124 e. The van der Waals surface area contributed by atoms with Crippen molar-refractivity contribution < 1.29 is 4.74 Å². The summed E-state index contributed by atoms with van der Waals surface area (Å²) in [6.45, 7) is 3.13. The molecule has 0 aromatic heterocycles. The molecule has 0 heterocycles. The third-order valence-corrected chi connectivity index (χ3v) is 5.14. The molecule has 0 bridgehead atoms. The molecule has 0 aliphatic heterocycles. The number of benzene rings is 3. The highest BCUT2D eigenvalue weighted by Gasteiger charge is 2.10. The Morgan fingerprint density at radius 2 is 1.56 bits per heavy atom. The lowest BCUT2D eigenvalue weighted by atomic mass is 10.1. The Morgan fingerprint density at radius 1 is 0.852 bits per heavy atom. The van der Waals surface area contributed by atoms with Crippen LogP contribution in [0.4, 0.5) is 0 Å². The van der Waals surface area contributed by atoms with Crippen LogP contribution >= 0.6 is 34.8 Å². The molecule has 1 atom stereocenters. The van der Waals surface area contributed by atoms with Gasteiger partial charge in [-0.3, -0.25) is 0 Å². The normalized spacial score (nSPS) is 12.0. The SMILES string of the molecule is C[C@@H](NCc1cc(Cl)ccc1OCc1ccc(Cl)cc1Cl)c1ccccc1. The van der Waals surface area contributed by atoms with E-state index >= 15 is 0 Å². The summed E-state index contributed by atoms with van der Waals surface area (Å²) in [5, 5.41) is 5.39. The summed E-state index contributed by atoms with van der Waals surface area (Å²) in [6.07, 6.45) is 0. The van der Waals surface area contributed by atoms with Crippen LogP contribution in [0, 0.1) is 0 Å². The van der Waals surface area contributed by atoms with E-state index in [1.165, 1.54) is 5.56 Å². The molecule has 5 heteroatoms. The zero-order valence-electron chi connectivity index (χ0n) is 14.9. The van der Waals surface area contributed by atoms with E-state index < -0.39 is 0 Å². The average molecular weight is 421 g/mol. The minimum absolute atomic E-state index is 0.212. The fourth-order valence-electron chi connectivity index (χ4n) is 2.74. The first kappa shape index (κ1) is 20.0. The maximum atomic E-state index is 6.23. The van der Waals surface area contributed by atoms with E-state index in [0.717, 1.165) is 16.9 Å². The second-order valence-electron chi connectivity index (χ2n) is 6.29. The summed E-state index contributed by atoms with van der Waals surface area (Å²) in [6, 6.07) is 21.5. The van der Waals surface area contributed by atoms with Crippen LogP contribution in [0.1, 0.15) is 29.7 Å². The Balaban J connectivity index is 1.69. The molecule has 3 aromatic carbocycles. The van der Waals surface area contributed by atoms with Gasteiger partial charge >= 0.3 is 0 Å². The molecule has 1 N–H and O–H groups in total. The van der Waals surface area contributed by atoms with Gasteiger partial charge in [0.25, 0.3) is 0 Å². The van der Waals surface area contributed by atoms with Crippen LogP contribution in [-0.2, 0) is 13.2 Å². The largest absolute Gasteiger partial charge is 0.489 e. The van der Waals surface area contributed by atoms with Crippen LogP contribution in [0.5, 0.6) is 5.75 Å². The van der Waals surface area contributed by atoms with Gasteiger partial charge in [-0.15, -0.1) is 0 Å². The monoisotopic (exact) mass is 419 g/mol.